The zero-order valence-electron chi connectivity index (χ0n) is 17.7. The predicted octanol–water partition coefficient (Wildman–Crippen LogP) is 1.32. The first-order valence-corrected chi connectivity index (χ1v) is 12.5. The molecule has 0 aromatic heterocycles. The highest BCUT2D eigenvalue weighted by molar-refractivity contribution is 7.89. The molecule has 0 aliphatic heterocycles. The second-order valence-electron chi connectivity index (χ2n) is 6.87. The van der Waals surface area contributed by atoms with Crippen LogP contribution >= 0.6 is 0 Å². The van der Waals surface area contributed by atoms with Crippen LogP contribution in [0, 0.1) is 0 Å². The van der Waals surface area contributed by atoms with Gasteiger partial charge in [-0.2, -0.15) is 0 Å². The van der Waals surface area contributed by atoms with E-state index < -0.39 is 20.0 Å². The summed E-state index contributed by atoms with van der Waals surface area (Å²) in [6.07, 6.45) is 0.689. The fourth-order valence-electron chi connectivity index (χ4n) is 2.43. The number of hydrogen-bond donors (Lipinski definition) is 2. The molecular weight excluding hydrogens is 442 g/mol. The van der Waals surface area contributed by atoms with E-state index in [0.29, 0.717) is 18.7 Å². The van der Waals surface area contributed by atoms with E-state index in [1.165, 1.54) is 50.5 Å². The van der Waals surface area contributed by atoms with Gasteiger partial charge in [-0.1, -0.05) is 19.1 Å². The molecule has 2 aromatic carbocycles. The summed E-state index contributed by atoms with van der Waals surface area (Å²) in [7, 11) is -4.13. The normalized spacial score (nSPS) is 12.0. The molecule has 31 heavy (non-hydrogen) atoms. The van der Waals surface area contributed by atoms with Crippen molar-refractivity contribution >= 4 is 26.0 Å². The van der Waals surface area contributed by atoms with Crippen molar-refractivity contribution in [1.29, 1.82) is 0 Å². The average molecular weight is 470 g/mol. The fraction of sp³-hybridized carbons (Fsp3) is 0.350. The minimum absolute atomic E-state index is 0.123. The Labute approximate surface area is 183 Å². The van der Waals surface area contributed by atoms with Gasteiger partial charge in [0.2, 0.25) is 20.0 Å². The molecular formula is C20H27N3O6S2. The van der Waals surface area contributed by atoms with Gasteiger partial charge in [0.25, 0.3) is 5.91 Å². The fourth-order valence-corrected chi connectivity index (χ4v) is 4.46. The third-order valence-electron chi connectivity index (χ3n) is 4.24. The van der Waals surface area contributed by atoms with Gasteiger partial charge in [-0.3, -0.25) is 4.79 Å². The molecule has 0 bridgehead atoms. The van der Waals surface area contributed by atoms with E-state index in [1.54, 1.807) is 12.1 Å². The van der Waals surface area contributed by atoms with E-state index in [9.17, 15) is 21.6 Å². The number of ether oxygens (including phenoxy) is 1. The van der Waals surface area contributed by atoms with Gasteiger partial charge in [0.15, 0.2) is 6.61 Å². The van der Waals surface area contributed by atoms with Crippen LogP contribution in [0.25, 0.3) is 0 Å². The lowest BCUT2D eigenvalue weighted by atomic mass is 10.2. The molecule has 11 heteroatoms. The highest BCUT2D eigenvalue weighted by Crippen LogP contribution is 2.16. The van der Waals surface area contributed by atoms with Crippen LogP contribution in [0.5, 0.6) is 5.75 Å². The number of amides is 1. The molecule has 2 aromatic rings. The molecule has 0 aliphatic rings. The van der Waals surface area contributed by atoms with Gasteiger partial charge in [-0.05, 0) is 48.4 Å². The Morgan fingerprint density at radius 2 is 1.52 bits per heavy atom. The molecule has 2 rings (SSSR count). The van der Waals surface area contributed by atoms with Crippen molar-refractivity contribution in [3.63, 3.8) is 0 Å². The summed E-state index contributed by atoms with van der Waals surface area (Å²) in [6, 6.07) is 12.0. The number of sulfonamides is 2. The number of hydrogen-bond acceptors (Lipinski definition) is 6. The minimum Gasteiger partial charge on any atom is -0.484 e. The van der Waals surface area contributed by atoms with Crippen LogP contribution in [0.15, 0.2) is 58.3 Å². The maximum Gasteiger partial charge on any atom is 0.258 e. The molecule has 9 nitrogen and oxygen atoms in total. The molecule has 0 saturated heterocycles. The quantitative estimate of drug-likeness (QED) is 0.512. The SMILES string of the molecule is CCCNS(=O)(=O)c1ccc(OCC(=O)NCc2ccc(S(=O)(=O)N(C)C)cc2)cc1. The molecule has 1 amide bonds. The van der Waals surface area contributed by atoms with Gasteiger partial charge in [-0.25, -0.2) is 25.9 Å². The summed E-state index contributed by atoms with van der Waals surface area (Å²) in [5, 5.41) is 2.68. The Morgan fingerprint density at radius 3 is 2.06 bits per heavy atom. The van der Waals surface area contributed by atoms with Crippen molar-refractivity contribution in [1.82, 2.24) is 14.3 Å². The Kier molecular flexibility index (Phi) is 8.57. The summed E-state index contributed by atoms with van der Waals surface area (Å²) in [4.78, 5) is 12.3. The van der Waals surface area contributed by atoms with E-state index in [-0.39, 0.29) is 28.8 Å². The number of nitrogens with zero attached hydrogens (tertiary/aromatic N) is 1. The summed E-state index contributed by atoms with van der Waals surface area (Å²) in [6.45, 7) is 2.20. The summed E-state index contributed by atoms with van der Waals surface area (Å²) in [5.74, 6) is -0.00543. The monoisotopic (exact) mass is 469 g/mol. The Bertz CT molecular complexity index is 1080. The van der Waals surface area contributed by atoms with Gasteiger partial charge >= 0.3 is 0 Å². The van der Waals surface area contributed by atoms with Crippen molar-refractivity contribution in [3.05, 3.63) is 54.1 Å². The number of benzene rings is 2. The van der Waals surface area contributed by atoms with E-state index in [4.69, 9.17) is 4.74 Å². The molecule has 0 heterocycles. The van der Waals surface area contributed by atoms with Crippen molar-refractivity contribution in [3.8, 4) is 5.75 Å². The van der Waals surface area contributed by atoms with Crippen molar-refractivity contribution in [2.75, 3.05) is 27.2 Å². The molecule has 170 valence electrons. The van der Waals surface area contributed by atoms with Gasteiger partial charge in [-0.15, -0.1) is 0 Å². The topological polar surface area (TPSA) is 122 Å². The minimum atomic E-state index is -3.55. The van der Waals surface area contributed by atoms with Crippen LogP contribution in [0.4, 0.5) is 0 Å². The highest BCUT2D eigenvalue weighted by atomic mass is 32.2. The van der Waals surface area contributed by atoms with Gasteiger partial charge in [0.1, 0.15) is 5.75 Å². The number of carbonyl (C=O) groups is 1. The van der Waals surface area contributed by atoms with E-state index in [1.807, 2.05) is 6.92 Å². The number of carbonyl (C=O) groups excluding carboxylic acids is 1. The van der Waals surface area contributed by atoms with Gasteiger partial charge in [0, 0.05) is 27.2 Å². The van der Waals surface area contributed by atoms with Crippen molar-refractivity contribution in [2.45, 2.75) is 29.7 Å². The lowest BCUT2D eigenvalue weighted by Crippen LogP contribution is -2.28. The van der Waals surface area contributed by atoms with Gasteiger partial charge < -0.3 is 10.1 Å². The van der Waals surface area contributed by atoms with Crippen LogP contribution in [-0.2, 0) is 31.4 Å². The third kappa shape index (κ3) is 7.03. The summed E-state index contributed by atoms with van der Waals surface area (Å²) < 4.78 is 57.2. The predicted molar refractivity (Wildman–Crippen MR) is 117 cm³/mol. The first-order chi connectivity index (χ1) is 14.6. The molecule has 0 aliphatic carbocycles. The second-order valence-corrected chi connectivity index (χ2v) is 10.8. The van der Waals surface area contributed by atoms with Crippen LogP contribution in [0.1, 0.15) is 18.9 Å². The summed E-state index contributed by atoms with van der Waals surface area (Å²) in [5.41, 5.74) is 0.736. The van der Waals surface area contributed by atoms with Crippen molar-refractivity contribution in [2.24, 2.45) is 0 Å². The largest absolute Gasteiger partial charge is 0.484 e. The molecule has 0 radical (unpaired) electrons. The Morgan fingerprint density at radius 1 is 0.935 bits per heavy atom. The van der Waals surface area contributed by atoms with Crippen LogP contribution in [0.3, 0.4) is 0 Å². The second kappa shape index (κ2) is 10.7. The Balaban J connectivity index is 1.84. The van der Waals surface area contributed by atoms with E-state index in [0.717, 1.165) is 9.87 Å². The summed E-state index contributed by atoms with van der Waals surface area (Å²) >= 11 is 0. The lowest BCUT2D eigenvalue weighted by Gasteiger charge is -2.12. The maximum absolute atomic E-state index is 12.1. The van der Waals surface area contributed by atoms with Gasteiger partial charge in [0.05, 0.1) is 9.79 Å². The molecule has 0 fully saturated rings. The van der Waals surface area contributed by atoms with E-state index >= 15 is 0 Å². The Hall–Kier alpha value is -2.47. The maximum atomic E-state index is 12.1. The highest BCUT2D eigenvalue weighted by Gasteiger charge is 2.16. The van der Waals surface area contributed by atoms with E-state index in [2.05, 4.69) is 10.0 Å². The smallest absolute Gasteiger partial charge is 0.258 e. The zero-order valence-corrected chi connectivity index (χ0v) is 19.3. The molecule has 0 atom stereocenters. The zero-order chi connectivity index (χ0) is 23.1. The van der Waals surface area contributed by atoms with Crippen molar-refractivity contribution < 1.29 is 26.4 Å². The molecule has 0 saturated carbocycles. The molecule has 0 unspecified atom stereocenters. The first-order valence-electron chi connectivity index (χ1n) is 9.57. The lowest BCUT2D eigenvalue weighted by molar-refractivity contribution is -0.123. The average Bonchev–Trinajstić information content (AvgIpc) is 2.75. The molecule has 2 N–H and O–H groups in total. The number of rotatable bonds is 11. The first kappa shape index (κ1) is 24.8. The molecule has 0 spiro atoms. The standard InChI is InChI=1S/C20H27N3O6S2/c1-4-13-22-30(25,26)18-11-7-17(8-12-18)29-15-20(24)21-14-16-5-9-19(10-6-16)31(27,28)23(2)3/h5-12,22H,4,13-15H2,1-3H3,(H,21,24). The van der Waals surface area contributed by atoms with Crippen LogP contribution < -0.4 is 14.8 Å². The van der Waals surface area contributed by atoms with Crippen LogP contribution in [-0.4, -0.2) is 54.3 Å². The van der Waals surface area contributed by atoms with Crippen LogP contribution in [0.2, 0.25) is 0 Å². The third-order valence-corrected chi connectivity index (χ3v) is 7.54. The number of nitrogens with one attached hydrogen (secondary N) is 2.